The third-order valence-electron chi connectivity index (χ3n) is 6.06. The van der Waals surface area contributed by atoms with Gasteiger partial charge in [0.25, 0.3) is 5.91 Å². The Morgan fingerprint density at radius 3 is 2.38 bits per heavy atom. The van der Waals surface area contributed by atoms with E-state index in [9.17, 15) is 10.1 Å². The van der Waals surface area contributed by atoms with Crippen LogP contribution in [0.4, 0.5) is 5.69 Å². The maximum absolute atomic E-state index is 13.5. The molecule has 6 nitrogen and oxygen atoms in total. The molecule has 1 heterocycles. The fraction of sp³-hybridized carbons (Fsp3) is 0.0938. The van der Waals surface area contributed by atoms with Crippen molar-refractivity contribution in [1.82, 2.24) is 4.90 Å². The summed E-state index contributed by atoms with van der Waals surface area (Å²) in [7, 11) is 1.57. The topological polar surface area (TPSA) is 74.9 Å². The summed E-state index contributed by atoms with van der Waals surface area (Å²) in [4.78, 5) is 20.6. The highest BCUT2D eigenvalue weighted by molar-refractivity contribution is 8.18. The average molecular weight is 532 g/mol. The number of ether oxygens (including phenoxy) is 2. The van der Waals surface area contributed by atoms with Gasteiger partial charge >= 0.3 is 0 Å². The molecule has 0 aromatic heterocycles. The van der Waals surface area contributed by atoms with Crippen molar-refractivity contribution in [1.29, 1.82) is 5.26 Å². The molecular formula is C32H25N3O3S. The number of para-hydroxylation sites is 1. The maximum Gasteiger partial charge on any atom is 0.267 e. The smallest absolute Gasteiger partial charge is 0.267 e. The van der Waals surface area contributed by atoms with E-state index in [0.717, 1.165) is 22.4 Å². The molecule has 1 amide bonds. The van der Waals surface area contributed by atoms with E-state index in [2.05, 4.69) is 6.07 Å². The van der Waals surface area contributed by atoms with E-state index >= 15 is 0 Å². The quantitative estimate of drug-likeness (QED) is 0.230. The van der Waals surface area contributed by atoms with Crippen LogP contribution in [-0.2, 0) is 17.9 Å². The molecule has 1 fully saturated rings. The Balaban J connectivity index is 1.40. The summed E-state index contributed by atoms with van der Waals surface area (Å²) in [5, 5.41) is 9.96. The van der Waals surface area contributed by atoms with Crippen LogP contribution in [0, 0.1) is 11.3 Å². The van der Waals surface area contributed by atoms with Crippen LogP contribution in [0.3, 0.4) is 0 Å². The van der Waals surface area contributed by atoms with Crippen LogP contribution >= 0.6 is 11.8 Å². The minimum Gasteiger partial charge on any atom is -0.493 e. The Labute approximate surface area is 231 Å². The number of carbonyl (C=O) groups is 1. The number of benzene rings is 4. The number of amidine groups is 1. The summed E-state index contributed by atoms with van der Waals surface area (Å²) in [6, 6.07) is 34.5. The van der Waals surface area contributed by atoms with Gasteiger partial charge in [0.05, 0.1) is 35.9 Å². The standard InChI is InChI=1S/C32H25N3O3S/c1-37-29-18-24(16-17-28(29)38-22-26-13-9-8-12-25(26)20-33)19-30-31(36)35(21-23-10-4-2-5-11-23)32(39-30)34-27-14-6-3-7-15-27/h2-19H,21-22H2,1H3/b30-19-,34-32?. The number of thioether (sulfide) groups is 1. The zero-order valence-electron chi connectivity index (χ0n) is 21.3. The molecule has 0 saturated carbocycles. The van der Waals surface area contributed by atoms with Crippen molar-refractivity contribution in [2.24, 2.45) is 4.99 Å². The van der Waals surface area contributed by atoms with Gasteiger partial charge in [0.1, 0.15) is 6.61 Å². The van der Waals surface area contributed by atoms with Gasteiger partial charge in [-0.25, -0.2) is 4.99 Å². The van der Waals surface area contributed by atoms with Gasteiger partial charge in [0.2, 0.25) is 0 Å². The maximum atomic E-state index is 13.5. The number of hydrogen-bond donors (Lipinski definition) is 0. The third kappa shape index (κ3) is 6.20. The molecule has 0 spiro atoms. The van der Waals surface area contributed by atoms with E-state index in [1.807, 2.05) is 103 Å². The summed E-state index contributed by atoms with van der Waals surface area (Å²) in [6.45, 7) is 0.665. The molecule has 39 heavy (non-hydrogen) atoms. The van der Waals surface area contributed by atoms with Crippen LogP contribution < -0.4 is 9.47 Å². The summed E-state index contributed by atoms with van der Waals surface area (Å²) < 4.78 is 11.6. The van der Waals surface area contributed by atoms with Crippen LogP contribution in [0.15, 0.2) is 113 Å². The Hall–Kier alpha value is -4.80. The number of methoxy groups -OCH3 is 1. The minimum absolute atomic E-state index is 0.106. The molecule has 0 radical (unpaired) electrons. The highest BCUT2D eigenvalue weighted by atomic mass is 32.2. The number of nitriles is 1. The second kappa shape index (κ2) is 12.2. The predicted molar refractivity (Wildman–Crippen MR) is 155 cm³/mol. The molecule has 0 bridgehead atoms. The fourth-order valence-corrected chi connectivity index (χ4v) is 5.06. The van der Waals surface area contributed by atoms with Crippen molar-refractivity contribution in [3.05, 3.63) is 130 Å². The van der Waals surface area contributed by atoms with Gasteiger partial charge in [-0.1, -0.05) is 72.8 Å². The fourth-order valence-electron chi connectivity index (χ4n) is 4.07. The number of nitrogens with zero attached hydrogens (tertiary/aromatic N) is 3. The van der Waals surface area contributed by atoms with Crippen LogP contribution in [0.1, 0.15) is 22.3 Å². The molecule has 0 N–H and O–H groups in total. The molecule has 1 aliphatic rings. The summed E-state index contributed by atoms with van der Waals surface area (Å²) in [5.74, 6) is 0.981. The van der Waals surface area contributed by atoms with Crippen molar-refractivity contribution in [2.75, 3.05) is 7.11 Å². The van der Waals surface area contributed by atoms with Crippen molar-refractivity contribution in [2.45, 2.75) is 13.2 Å². The zero-order chi connectivity index (χ0) is 27.0. The first-order chi connectivity index (χ1) is 19.1. The lowest BCUT2D eigenvalue weighted by Gasteiger charge is -2.15. The molecule has 1 saturated heterocycles. The monoisotopic (exact) mass is 531 g/mol. The van der Waals surface area contributed by atoms with E-state index < -0.39 is 0 Å². The molecular weight excluding hydrogens is 506 g/mol. The molecule has 0 atom stereocenters. The van der Waals surface area contributed by atoms with Gasteiger partial charge in [0, 0.05) is 5.56 Å². The first-order valence-corrected chi connectivity index (χ1v) is 13.1. The van der Waals surface area contributed by atoms with E-state index in [4.69, 9.17) is 14.5 Å². The number of aliphatic imine (C=N–C) groups is 1. The molecule has 7 heteroatoms. The van der Waals surface area contributed by atoms with Crippen molar-refractivity contribution >= 4 is 34.6 Å². The molecule has 4 aromatic carbocycles. The summed E-state index contributed by atoms with van der Waals surface area (Å²) >= 11 is 1.35. The first-order valence-electron chi connectivity index (χ1n) is 12.3. The summed E-state index contributed by atoms with van der Waals surface area (Å²) in [6.07, 6.45) is 1.84. The van der Waals surface area contributed by atoms with Gasteiger partial charge in [-0.2, -0.15) is 5.26 Å². The highest BCUT2D eigenvalue weighted by Crippen LogP contribution is 2.37. The van der Waals surface area contributed by atoms with Crippen LogP contribution in [0.5, 0.6) is 11.5 Å². The molecule has 0 aliphatic carbocycles. The molecule has 5 rings (SSSR count). The Bertz CT molecular complexity index is 1580. The van der Waals surface area contributed by atoms with Crippen molar-refractivity contribution in [3.63, 3.8) is 0 Å². The highest BCUT2D eigenvalue weighted by Gasteiger charge is 2.33. The Morgan fingerprint density at radius 1 is 0.923 bits per heavy atom. The molecule has 4 aromatic rings. The van der Waals surface area contributed by atoms with Gasteiger partial charge in [-0.05, 0) is 59.3 Å². The second-order valence-corrected chi connectivity index (χ2v) is 9.69. The van der Waals surface area contributed by atoms with Gasteiger partial charge < -0.3 is 9.47 Å². The summed E-state index contributed by atoms with van der Waals surface area (Å²) in [5.41, 5.74) is 3.98. The number of amides is 1. The van der Waals surface area contributed by atoms with Gasteiger partial charge in [-0.15, -0.1) is 0 Å². The van der Waals surface area contributed by atoms with Gasteiger partial charge in [-0.3, -0.25) is 9.69 Å². The lowest BCUT2D eigenvalue weighted by Crippen LogP contribution is -2.28. The number of hydrogen-bond acceptors (Lipinski definition) is 6. The minimum atomic E-state index is -0.106. The van der Waals surface area contributed by atoms with Crippen LogP contribution in [0.25, 0.3) is 6.08 Å². The number of rotatable bonds is 8. The first kappa shape index (κ1) is 25.8. The van der Waals surface area contributed by atoms with E-state index in [-0.39, 0.29) is 12.5 Å². The number of carbonyl (C=O) groups excluding carboxylic acids is 1. The van der Waals surface area contributed by atoms with E-state index in [1.165, 1.54) is 11.8 Å². The van der Waals surface area contributed by atoms with E-state index in [0.29, 0.717) is 33.7 Å². The van der Waals surface area contributed by atoms with Gasteiger partial charge in [0.15, 0.2) is 16.7 Å². The predicted octanol–water partition coefficient (Wildman–Crippen LogP) is 6.95. The lowest BCUT2D eigenvalue weighted by atomic mass is 10.1. The lowest BCUT2D eigenvalue weighted by molar-refractivity contribution is -0.122. The van der Waals surface area contributed by atoms with Crippen molar-refractivity contribution in [3.8, 4) is 17.6 Å². The molecule has 1 aliphatic heterocycles. The third-order valence-corrected chi connectivity index (χ3v) is 7.07. The molecule has 192 valence electrons. The normalized spacial score (nSPS) is 15.0. The van der Waals surface area contributed by atoms with E-state index in [1.54, 1.807) is 18.1 Å². The second-order valence-electron chi connectivity index (χ2n) is 8.69. The van der Waals surface area contributed by atoms with Crippen LogP contribution in [0.2, 0.25) is 0 Å². The zero-order valence-corrected chi connectivity index (χ0v) is 22.1. The molecule has 0 unspecified atom stereocenters. The van der Waals surface area contributed by atoms with Crippen LogP contribution in [-0.4, -0.2) is 23.1 Å². The van der Waals surface area contributed by atoms with Crippen molar-refractivity contribution < 1.29 is 14.3 Å². The average Bonchev–Trinajstić information content (AvgIpc) is 3.26. The SMILES string of the molecule is COc1cc(/C=C2\SC(=Nc3ccccc3)N(Cc3ccccc3)C2=O)ccc1OCc1ccccc1C#N. The Morgan fingerprint density at radius 2 is 1.64 bits per heavy atom. The largest absolute Gasteiger partial charge is 0.493 e. The Kier molecular flexibility index (Phi) is 8.06.